The van der Waals surface area contributed by atoms with E-state index in [0.717, 1.165) is 38.5 Å². The van der Waals surface area contributed by atoms with Crippen molar-refractivity contribution in [2.24, 2.45) is 0 Å². The normalized spacial score (nSPS) is 13.8. The predicted octanol–water partition coefficient (Wildman–Crippen LogP) is 22.3. The smallest absolute Gasteiger partial charge is 0.387 e. The minimum Gasteiger partial charge on any atom is -0.387 e. The van der Waals surface area contributed by atoms with Gasteiger partial charge in [-0.1, -0.05) is 353 Å². The molecule has 1 amide bonds. The maximum Gasteiger partial charge on any atom is 0.472 e. The van der Waals surface area contributed by atoms with E-state index in [1.807, 2.05) is 27.2 Å². The zero-order valence-corrected chi connectivity index (χ0v) is 54.8. The first-order valence-corrected chi connectivity index (χ1v) is 36.7. The highest BCUT2D eigenvalue weighted by Crippen LogP contribution is 2.43. The van der Waals surface area contributed by atoms with Crippen molar-refractivity contribution >= 4 is 13.7 Å². The Labute approximate surface area is 494 Å². The van der Waals surface area contributed by atoms with Crippen LogP contribution in [0.25, 0.3) is 0 Å². The number of aliphatic hydroxyl groups is 1. The molecule has 0 aromatic carbocycles. The molecule has 0 aromatic rings. The van der Waals surface area contributed by atoms with Gasteiger partial charge in [0.05, 0.1) is 39.9 Å². The quantitative estimate of drug-likeness (QED) is 0.0243. The van der Waals surface area contributed by atoms with Gasteiger partial charge in [-0.3, -0.25) is 13.8 Å². The lowest BCUT2D eigenvalue weighted by atomic mass is 10.0. The highest BCUT2D eigenvalue weighted by molar-refractivity contribution is 7.47. The van der Waals surface area contributed by atoms with Gasteiger partial charge in [0.1, 0.15) is 13.2 Å². The third-order valence-corrected chi connectivity index (χ3v) is 17.4. The van der Waals surface area contributed by atoms with Gasteiger partial charge < -0.3 is 19.8 Å². The number of allylic oxidation sites excluding steroid dienone is 3. The van der Waals surface area contributed by atoms with Crippen molar-refractivity contribution in [3.8, 4) is 0 Å². The molecule has 0 radical (unpaired) electrons. The summed E-state index contributed by atoms with van der Waals surface area (Å²) in [5.74, 6) is -0.178. The molecular weight excluding hydrogens is 996 g/mol. The van der Waals surface area contributed by atoms with Gasteiger partial charge in [0, 0.05) is 6.42 Å². The number of phosphoric acid groups is 1. The van der Waals surface area contributed by atoms with Crippen molar-refractivity contribution in [2.75, 3.05) is 40.9 Å². The molecule has 0 spiro atoms. The second-order valence-electron chi connectivity index (χ2n) is 25.6. The molecule has 0 saturated heterocycles. The fourth-order valence-electron chi connectivity index (χ4n) is 10.9. The molecule has 3 N–H and O–H groups in total. The number of hydrogen-bond acceptors (Lipinski definition) is 5. The molecule has 8 nitrogen and oxygen atoms in total. The van der Waals surface area contributed by atoms with Crippen LogP contribution in [-0.4, -0.2) is 73.4 Å². The van der Waals surface area contributed by atoms with E-state index in [2.05, 4.69) is 31.3 Å². The minimum atomic E-state index is -4.36. The Morgan fingerprint density at radius 1 is 0.418 bits per heavy atom. The van der Waals surface area contributed by atoms with Gasteiger partial charge >= 0.3 is 7.82 Å². The maximum atomic E-state index is 13.0. The van der Waals surface area contributed by atoms with Crippen LogP contribution in [0.3, 0.4) is 0 Å². The number of unbranched alkanes of at least 4 members (excludes halogenated alkanes) is 51. The summed E-state index contributed by atoms with van der Waals surface area (Å²) in [6.45, 7) is 4.86. The van der Waals surface area contributed by atoms with Crippen LogP contribution in [0.15, 0.2) is 24.3 Å². The standard InChI is InChI=1S/C70H139N2O6P/c1-6-8-10-12-14-16-18-20-22-24-26-28-29-30-31-32-33-34-35-36-37-38-39-40-41-42-44-46-48-50-52-54-56-58-60-62-64-70(74)71-68(67-78-79(75,76)77-66-65-72(3,4)5)69(73)63-61-59-57-55-53-51-49-47-45-43-27-25-23-21-19-17-15-13-11-9-7-2/h53,55,61,63,68-69,73H,6-52,54,56-60,62,64-67H2,1-5H3,(H-,71,74,75,76)/p+1/b55-53+,63-61+. The van der Waals surface area contributed by atoms with E-state index in [1.165, 1.54) is 308 Å². The van der Waals surface area contributed by atoms with E-state index >= 15 is 0 Å². The Morgan fingerprint density at radius 3 is 1.01 bits per heavy atom. The number of nitrogens with one attached hydrogen (secondary N) is 1. The fraction of sp³-hybridized carbons (Fsp3) is 0.929. The summed E-state index contributed by atoms with van der Waals surface area (Å²) in [4.78, 5) is 23.4. The van der Waals surface area contributed by atoms with Crippen LogP contribution in [0.5, 0.6) is 0 Å². The van der Waals surface area contributed by atoms with Crippen molar-refractivity contribution in [3.05, 3.63) is 24.3 Å². The molecule has 0 aliphatic rings. The molecule has 0 bridgehead atoms. The number of carbonyl (C=O) groups excluding carboxylic acids is 1. The summed E-state index contributed by atoms with van der Waals surface area (Å²) in [7, 11) is 1.57. The van der Waals surface area contributed by atoms with E-state index in [-0.39, 0.29) is 19.1 Å². The van der Waals surface area contributed by atoms with Crippen LogP contribution in [0.4, 0.5) is 0 Å². The SMILES string of the molecule is CCCCCCCCCCCCCCCCC/C=C/CC/C=C/C(O)C(COP(=O)(O)OCC[N+](C)(C)C)NC(=O)CCCCCCCCCCCCCCCCCCCCCCCCCCCCCCCCCCCCCC. The number of phosphoric ester groups is 1. The predicted molar refractivity (Wildman–Crippen MR) is 346 cm³/mol. The third-order valence-electron chi connectivity index (χ3n) is 16.4. The lowest BCUT2D eigenvalue weighted by molar-refractivity contribution is -0.870. The van der Waals surface area contributed by atoms with Crippen LogP contribution in [-0.2, 0) is 18.4 Å². The van der Waals surface area contributed by atoms with E-state index < -0.39 is 20.0 Å². The van der Waals surface area contributed by atoms with Crippen molar-refractivity contribution in [1.82, 2.24) is 5.32 Å². The fourth-order valence-corrected chi connectivity index (χ4v) is 11.7. The van der Waals surface area contributed by atoms with Crippen LogP contribution >= 0.6 is 7.82 Å². The highest BCUT2D eigenvalue weighted by Gasteiger charge is 2.28. The van der Waals surface area contributed by atoms with Gasteiger partial charge in [-0.15, -0.1) is 0 Å². The monoisotopic (exact) mass is 1140 g/mol. The summed E-state index contributed by atoms with van der Waals surface area (Å²) in [6.07, 6.45) is 80.6. The van der Waals surface area contributed by atoms with Gasteiger partial charge in [0.15, 0.2) is 0 Å². The Morgan fingerprint density at radius 2 is 0.696 bits per heavy atom. The maximum absolute atomic E-state index is 13.0. The van der Waals surface area contributed by atoms with E-state index in [4.69, 9.17) is 9.05 Å². The lowest BCUT2D eigenvalue weighted by Gasteiger charge is -2.25. The third kappa shape index (κ3) is 64.4. The van der Waals surface area contributed by atoms with Gasteiger partial charge in [-0.05, 0) is 32.1 Å². The first-order chi connectivity index (χ1) is 38.5. The number of rotatable bonds is 66. The molecule has 0 fully saturated rings. The van der Waals surface area contributed by atoms with Crippen LogP contribution < -0.4 is 5.32 Å². The Hall–Kier alpha value is -1.02. The summed E-state index contributed by atoms with van der Waals surface area (Å²) >= 11 is 0. The molecule has 0 saturated carbocycles. The molecular formula is C70H140N2O6P+. The molecule has 470 valence electrons. The van der Waals surface area contributed by atoms with Gasteiger partial charge in [0.25, 0.3) is 0 Å². The molecule has 0 rings (SSSR count). The van der Waals surface area contributed by atoms with Crippen LogP contribution in [0, 0.1) is 0 Å². The van der Waals surface area contributed by atoms with Gasteiger partial charge in [-0.25, -0.2) is 4.57 Å². The zero-order chi connectivity index (χ0) is 57.7. The average molecular weight is 1140 g/mol. The van der Waals surface area contributed by atoms with Crippen LogP contribution in [0.1, 0.15) is 367 Å². The zero-order valence-electron chi connectivity index (χ0n) is 53.9. The van der Waals surface area contributed by atoms with Crippen LogP contribution in [0.2, 0.25) is 0 Å². The second kappa shape index (κ2) is 61.5. The number of quaternary nitrogens is 1. The molecule has 3 atom stereocenters. The van der Waals surface area contributed by atoms with Crippen molar-refractivity contribution in [2.45, 2.75) is 379 Å². The minimum absolute atomic E-state index is 0.0590. The van der Waals surface area contributed by atoms with Crippen molar-refractivity contribution < 1.29 is 32.9 Å². The molecule has 0 heterocycles. The molecule has 0 aromatic heterocycles. The first-order valence-electron chi connectivity index (χ1n) is 35.2. The van der Waals surface area contributed by atoms with E-state index in [0.29, 0.717) is 17.4 Å². The van der Waals surface area contributed by atoms with E-state index in [9.17, 15) is 19.4 Å². The second-order valence-corrected chi connectivity index (χ2v) is 27.1. The number of hydrogen-bond donors (Lipinski definition) is 3. The number of amides is 1. The number of carbonyl (C=O) groups is 1. The van der Waals surface area contributed by atoms with E-state index in [1.54, 1.807) is 6.08 Å². The topological polar surface area (TPSA) is 105 Å². The summed E-state index contributed by atoms with van der Waals surface area (Å²) in [6, 6.07) is -0.861. The summed E-state index contributed by atoms with van der Waals surface area (Å²) in [5, 5.41) is 14.0. The van der Waals surface area contributed by atoms with Crippen molar-refractivity contribution in [1.29, 1.82) is 0 Å². The number of aliphatic hydroxyl groups excluding tert-OH is 1. The van der Waals surface area contributed by atoms with Crippen molar-refractivity contribution in [3.63, 3.8) is 0 Å². The molecule has 0 aliphatic carbocycles. The Kier molecular flexibility index (Phi) is 60.7. The molecule has 79 heavy (non-hydrogen) atoms. The largest absolute Gasteiger partial charge is 0.472 e. The highest BCUT2D eigenvalue weighted by atomic mass is 31.2. The Bertz CT molecular complexity index is 1340. The molecule has 3 unspecified atom stereocenters. The summed E-state index contributed by atoms with van der Waals surface area (Å²) in [5.41, 5.74) is 0. The number of nitrogens with zero attached hydrogens (tertiary/aromatic N) is 1. The Balaban J connectivity index is 3.97. The molecule has 0 aliphatic heterocycles. The van der Waals surface area contributed by atoms with Gasteiger partial charge in [-0.2, -0.15) is 0 Å². The average Bonchev–Trinajstić information content (AvgIpc) is 3.42. The first kappa shape index (κ1) is 78.0. The molecule has 9 heteroatoms. The lowest BCUT2D eigenvalue weighted by Crippen LogP contribution is -2.45. The number of likely N-dealkylation sites (N-methyl/N-ethyl adjacent to an activating group) is 1. The van der Waals surface area contributed by atoms with Gasteiger partial charge in [0.2, 0.25) is 5.91 Å². The summed E-state index contributed by atoms with van der Waals surface area (Å²) < 4.78 is 23.8.